The maximum absolute atomic E-state index is 12.4. The molecule has 2 aromatic carbocycles. The highest BCUT2D eigenvalue weighted by Crippen LogP contribution is 2.35. The number of carbonyl (C=O) groups is 1. The molecule has 6 nitrogen and oxygen atoms in total. The van der Waals surface area contributed by atoms with E-state index in [0.717, 1.165) is 29.1 Å². The van der Waals surface area contributed by atoms with Gasteiger partial charge in [-0.15, -0.1) is 0 Å². The van der Waals surface area contributed by atoms with Gasteiger partial charge in [0.25, 0.3) is 5.91 Å². The third-order valence-electron chi connectivity index (χ3n) is 4.27. The van der Waals surface area contributed by atoms with Crippen LogP contribution in [-0.4, -0.2) is 24.2 Å². The summed E-state index contributed by atoms with van der Waals surface area (Å²) in [5.41, 5.74) is 3.05. The number of hydrogen-bond acceptors (Lipinski definition) is 5. The van der Waals surface area contributed by atoms with Crippen LogP contribution in [0.5, 0.6) is 11.5 Å². The Labute approximate surface area is 167 Å². The fraction of sp³-hybridized carbons (Fsp3) is 0.143. The highest BCUT2D eigenvalue weighted by molar-refractivity contribution is 6.30. The van der Waals surface area contributed by atoms with Crippen LogP contribution in [0.3, 0.4) is 0 Å². The predicted octanol–water partition coefficient (Wildman–Crippen LogP) is 4.18. The van der Waals surface area contributed by atoms with Crippen molar-refractivity contribution in [3.05, 3.63) is 77.1 Å². The van der Waals surface area contributed by atoms with E-state index in [-0.39, 0.29) is 12.7 Å². The number of pyridine rings is 1. The minimum Gasteiger partial charge on any atom is -0.454 e. The fourth-order valence-corrected chi connectivity index (χ4v) is 2.96. The first-order valence-corrected chi connectivity index (χ1v) is 9.20. The molecule has 0 aliphatic carbocycles. The lowest BCUT2D eigenvalue weighted by atomic mass is 10.1. The van der Waals surface area contributed by atoms with E-state index < -0.39 is 0 Å². The molecule has 1 aliphatic heterocycles. The van der Waals surface area contributed by atoms with Crippen molar-refractivity contribution < 1.29 is 14.3 Å². The Morgan fingerprint density at radius 3 is 2.64 bits per heavy atom. The molecular formula is C21H18ClN3O3. The lowest BCUT2D eigenvalue weighted by Crippen LogP contribution is -2.26. The Balaban J connectivity index is 1.36. The number of hydrogen-bond donors (Lipinski definition) is 2. The molecule has 2 N–H and O–H groups in total. The Kier molecular flexibility index (Phi) is 5.30. The molecule has 1 aliphatic rings. The van der Waals surface area contributed by atoms with Crippen LogP contribution in [-0.2, 0) is 6.42 Å². The van der Waals surface area contributed by atoms with Crippen molar-refractivity contribution in [1.29, 1.82) is 0 Å². The summed E-state index contributed by atoms with van der Waals surface area (Å²) in [7, 11) is 0. The van der Waals surface area contributed by atoms with Crippen molar-refractivity contribution >= 4 is 28.9 Å². The number of rotatable bonds is 6. The smallest absolute Gasteiger partial charge is 0.269 e. The Bertz CT molecular complexity index is 992. The zero-order chi connectivity index (χ0) is 19.3. The lowest BCUT2D eigenvalue weighted by Gasteiger charge is -2.09. The molecule has 1 aromatic heterocycles. The second-order valence-electron chi connectivity index (χ2n) is 6.26. The zero-order valence-corrected chi connectivity index (χ0v) is 15.7. The molecule has 142 valence electrons. The van der Waals surface area contributed by atoms with Crippen LogP contribution in [0.4, 0.5) is 11.4 Å². The van der Waals surface area contributed by atoms with E-state index in [9.17, 15) is 4.79 Å². The third-order valence-corrected chi connectivity index (χ3v) is 4.52. The number of carbonyl (C=O) groups excluding carboxylic acids is 1. The number of ether oxygens (including phenoxy) is 2. The second kappa shape index (κ2) is 8.19. The standard InChI is InChI=1S/C21H18ClN3O3/c22-15-3-1-14(2-4-15)7-9-24-21(26)18-11-17(8-10-23-18)25-16-5-6-19-20(12-16)28-13-27-19/h1-6,8,10-12H,7,9,13H2,(H,23,25)(H,24,26). The van der Waals surface area contributed by atoms with E-state index >= 15 is 0 Å². The van der Waals surface area contributed by atoms with E-state index in [1.807, 2.05) is 42.5 Å². The minimum absolute atomic E-state index is 0.219. The van der Waals surface area contributed by atoms with Gasteiger partial charge in [0.2, 0.25) is 6.79 Å². The number of halogens is 1. The summed E-state index contributed by atoms with van der Waals surface area (Å²) in [4.78, 5) is 16.5. The number of nitrogens with zero attached hydrogens (tertiary/aromatic N) is 1. The summed E-state index contributed by atoms with van der Waals surface area (Å²) in [5, 5.41) is 6.83. The summed E-state index contributed by atoms with van der Waals surface area (Å²) in [5.74, 6) is 1.20. The molecule has 0 unspecified atom stereocenters. The van der Waals surface area contributed by atoms with Crippen molar-refractivity contribution in [2.24, 2.45) is 0 Å². The number of benzene rings is 2. The zero-order valence-electron chi connectivity index (χ0n) is 14.9. The van der Waals surface area contributed by atoms with Crippen LogP contribution in [0.2, 0.25) is 5.02 Å². The monoisotopic (exact) mass is 395 g/mol. The molecule has 1 amide bonds. The molecule has 7 heteroatoms. The number of aromatic nitrogens is 1. The lowest BCUT2D eigenvalue weighted by molar-refractivity contribution is 0.0949. The van der Waals surface area contributed by atoms with Crippen LogP contribution >= 0.6 is 11.6 Å². The average Bonchev–Trinajstić information content (AvgIpc) is 3.17. The highest BCUT2D eigenvalue weighted by Gasteiger charge is 2.13. The van der Waals surface area contributed by atoms with Gasteiger partial charge in [0.1, 0.15) is 5.69 Å². The van der Waals surface area contributed by atoms with E-state index in [2.05, 4.69) is 15.6 Å². The van der Waals surface area contributed by atoms with Crippen molar-refractivity contribution in [1.82, 2.24) is 10.3 Å². The average molecular weight is 396 g/mol. The third kappa shape index (κ3) is 4.35. The van der Waals surface area contributed by atoms with E-state index in [1.54, 1.807) is 18.3 Å². The molecular weight excluding hydrogens is 378 g/mol. The van der Waals surface area contributed by atoms with Crippen molar-refractivity contribution in [3.8, 4) is 11.5 Å². The molecule has 0 fully saturated rings. The van der Waals surface area contributed by atoms with Gasteiger partial charge in [0, 0.05) is 35.2 Å². The SMILES string of the molecule is O=C(NCCc1ccc(Cl)cc1)c1cc(Nc2ccc3c(c2)OCO3)ccn1. The number of anilines is 2. The number of amides is 1. The normalized spacial score (nSPS) is 11.9. The van der Waals surface area contributed by atoms with Crippen LogP contribution in [0.1, 0.15) is 16.1 Å². The molecule has 3 aromatic rings. The fourth-order valence-electron chi connectivity index (χ4n) is 2.84. The second-order valence-corrected chi connectivity index (χ2v) is 6.69. The van der Waals surface area contributed by atoms with Gasteiger partial charge in [-0.2, -0.15) is 0 Å². The number of fused-ring (bicyclic) bond motifs is 1. The molecule has 28 heavy (non-hydrogen) atoms. The molecule has 0 spiro atoms. The van der Waals surface area contributed by atoms with Crippen LogP contribution in [0.25, 0.3) is 0 Å². The Morgan fingerprint density at radius 2 is 1.79 bits per heavy atom. The van der Waals surface area contributed by atoms with Crippen molar-refractivity contribution in [2.45, 2.75) is 6.42 Å². The predicted molar refractivity (Wildman–Crippen MR) is 108 cm³/mol. The first kappa shape index (κ1) is 18.1. The first-order chi connectivity index (χ1) is 13.7. The van der Waals surface area contributed by atoms with Gasteiger partial charge in [0.05, 0.1) is 0 Å². The largest absolute Gasteiger partial charge is 0.454 e. The van der Waals surface area contributed by atoms with E-state index in [4.69, 9.17) is 21.1 Å². The maximum Gasteiger partial charge on any atom is 0.269 e. The topological polar surface area (TPSA) is 72.5 Å². The Morgan fingerprint density at radius 1 is 1.00 bits per heavy atom. The van der Waals surface area contributed by atoms with E-state index in [1.165, 1.54) is 0 Å². The summed E-state index contributed by atoms with van der Waals surface area (Å²) < 4.78 is 10.7. The molecule has 0 saturated heterocycles. The van der Waals surface area contributed by atoms with Gasteiger partial charge in [0.15, 0.2) is 11.5 Å². The van der Waals surface area contributed by atoms with Gasteiger partial charge in [-0.3, -0.25) is 9.78 Å². The summed E-state index contributed by atoms with van der Waals surface area (Å²) >= 11 is 5.88. The Hall–Kier alpha value is -3.25. The van der Waals surface area contributed by atoms with Gasteiger partial charge in [-0.1, -0.05) is 23.7 Å². The van der Waals surface area contributed by atoms with Gasteiger partial charge < -0.3 is 20.1 Å². The molecule has 0 bridgehead atoms. The molecule has 0 saturated carbocycles. The van der Waals surface area contributed by atoms with Crippen LogP contribution < -0.4 is 20.1 Å². The van der Waals surface area contributed by atoms with Crippen LogP contribution in [0.15, 0.2) is 60.8 Å². The highest BCUT2D eigenvalue weighted by atomic mass is 35.5. The van der Waals surface area contributed by atoms with Gasteiger partial charge in [-0.25, -0.2) is 0 Å². The molecule has 0 radical (unpaired) electrons. The van der Waals surface area contributed by atoms with Gasteiger partial charge in [-0.05, 0) is 48.4 Å². The molecule has 0 atom stereocenters. The van der Waals surface area contributed by atoms with Crippen LogP contribution in [0, 0.1) is 0 Å². The molecule has 2 heterocycles. The number of nitrogens with one attached hydrogen (secondary N) is 2. The summed E-state index contributed by atoms with van der Waals surface area (Å²) in [6.45, 7) is 0.746. The van der Waals surface area contributed by atoms with Gasteiger partial charge >= 0.3 is 0 Å². The summed E-state index contributed by atoms with van der Waals surface area (Å²) in [6.07, 6.45) is 2.32. The summed E-state index contributed by atoms with van der Waals surface area (Å²) in [6, 6.07) is 16.7. The first-order valence-electron chi connectivity index (χ1n) is 8.83. The van der Waals surface area contributed by atoms with E-state index in [0.29, 0.717) is 23.0 Å². The van der Waals surface area contributed by atoms with Crippen molar-refractivity contribution in [2.75, 3.05) is 18.7 Å². The molecule has 4 rings (SSSR count). The quantitative estimate of drug-likeness (QED) is 0.655. The maximum atomic E-state index is 12.4. The van der Waals surface area contributed by atoms with Crippen molar-refractivity contribution in [3.63, 3.8) is 0 Å². The minimum atomic E-state index is -0.219.